The van der Waals surface area contributed by atoms with E-state index in [4.69, 9.17) is 4.98 Å². The molecule has 0 saturated heterocycles. The van der Waals surface area contributed by atoms with E-state index in [2.05, 4.69) is 33.9 Å². The summed E-state index contributed by atoms with van der Waals surface area (Å²) in [4.78, 5) is 22.9. The maximum atomic E-state index is 11.8. The number of aryl methyl sites for hydroxylation is 3. The van der Waals surface area contributed by atoms with Gasteiger partial charge >= 0.3 is 0 Å². The quantitative estimate of drug-likeness (QED) is 0.620. The average Bonchev–Trinajstić information content (AvgIpc) is 3.02. The minimum absolute atomic E-state index is 0.0987. The van der Waals surface area contributed by atoms with E-state index in [9.17, 15) is 4.79 Å². The molecule has 3 heterocycles. The van der Waals surface area contributed by atoms with Crippen molar-refractivity contribution in [2.45, 2.75) is 33.6 Å². The predicted molar refractivity (Wildman–Crippen MR) is 102 cm³/mol. The van der Waals surface area contributed by atoms with E-state index in [-0.39, 0.29) is 5.91 Å². The monoisotopic (exact) mass is 398 g/mol. The zero-order valence-corrected chi connectivity index (χ0v) is 16.1. The fourth-order valence-electron chi connectivity index (χ4n) is 3.49. The molecule has 3 aromatic rings. The number of anilines is 1. The average molecular weight is 399 g/mol. The van der Waals surface area contributed by atoms with Crippen LogP contribution in [0.3, 0.4) is 0 Å². The van der Waals surface area contributed by atoms with Gasteiger partial charge in [-0.2, -0.15) is 0 Å². The van der Waals surface area contributed by atoms with Crippen LogP contribution in [0.4, 0.5) is 5.69 Å². The van der Waals surface area contributed by atoms with E-state index < -0.39 is 0 Å². The summed E-state index contributed by atoms with van der Waals surface area (Å²) in [6.45, 7) is 6.45. The van der Waals surface area contributed by atoms with Crippen molar-refractivity contribution in [1.29, 1.82) is 0 Å². The number of hydrogen-bond donors (Lipinski definition) is 0. The van der Waals surface area contributed by atoms with Gasteiger partial charge in [-0.25, -0.2) is 9.97 Å². The molecule has 0 fully saturated rings. The minimum Gasteiger partial charge on any atom is -0.312 e. The lowest BCUT2D eigenvalue weighted by Gasteiger charge is -2.28. The van der Waals surface area contributed by atoms with E-state index in [1.165, 1.54) is 5.56 Å². The predicted octanol–water partition coefficient (Wildman–Crippen LogP) is 4.07. The fourth-order valence-corrected chi connectivity index (χ4v) is 3.77. The molecule has 128 valence electrons. The molecule has 0 radical (unpaired) electrons. The molecule has 5 nitrogen and oxygen atoms in total. The molecule has 1 aliphatic heterocycles. The second-order valence-electron chi connectivity index (χ2n) is 6.51. The van der Waals surface area contributed by atoms with Crippen LogP contribution < -0.4 is 4.90 Å². The Balaban J connectivity index is 1.82. The van der Waals surface area contributed by atoms with Crippen LogP contribution in [-0.4, -0.2) is 26.8 Å². The van der Waals surface area contributed by atoms with Crippen LogP contribution in [0.25, 0.3) is 17.0 Å². The summed E-state index contributed by atoms with van der Waals surface area (Å²) in [7, 11) is 0. The van der Waals surface area contributed by atoms with Crippen LogP contribution >= 0.6 is 15.9 Å². The van der Waals surface area contributed by atoms with Gasteiger partial charge in [-0.15, -0.1) is 0 Å². The number of nitrogens with zero attached hydrogens (tertiary/aromatic N) is 4. The zero-order chi connectivity index (χ0) is 17.7. The Morgan fingerprint density at radius 1 is 1.24 bits per heavy atom. The Morgan fingerprint density at radius 2 is 2.04 bits per heavy atom. The second kappa shape index (κ2) is 5.95. The topological polar surface area (TPSA) is 50.5 Å². The van der Waals surface area contributed by atoms with E-state index >= 15 is 0 Å². The van der Waals surface area contributed by atoms with E-state index in [1.54, 1.807) is 6.92 Å². The van der Waals surface area contributed by atoms with E-state index in [0.717, 1.165) is 52.2 Å². The van der Waals surface area contributed by atoms with Crippen molar-refractivity contribution in [1.82, 2.24) is 14.4 Å². The van der Waals surface area contributed by atoms with Gasteiger partial charge in [0.2, 0.25) is 11.7 Å². The minimum atomic E-state index is 0.0987. The molecule has 0 aliphatic carbocycles. The summed E-state index contributed by atoms with van der Waals surface area (Å²) >= 11 is 3.59. The lowest BCUT2D eigenvalue weighted by atomic mass is 9.98. The van der Waals surface area contributed by atoms with Crippen molar-refractivity contribution in [2.75, 3.05) is 11.4 Å². The van der Waals surface area contributed by atoms with Gasteiger partial charge in [0.15, 0.2) is 0 Å². The summed E-state index contributed by atoms with van der Waals surface area (Å²) in [6.07, 6.45) is 4.01. The fraction of sp³-hybridized carbons (Fsp3) is 0.316. The van der Waals surface area contributed by atoms with Gasteiger partial charge in [0, 0.05) is 36.6 Å². The molecule has 6 heteroatoms. The van der Waals surface area contributed by atoms with Crippen LogP contribution in [0, 0.1) is 13.8 Å². The Bertz CT molecular complexity index is 1010. The first-order valence-electron chi connectivity index (χ1n) is 8.39. The molecular weight excluding hydrogens is 380 g/mol. The first-order valence-corrected chi connectivity index (χ1v) is 9.18. The molecule has 0 spiro atoms. The molecular formula is C19H19BrN4O. The largest absolute Gasteiger partial charge is 0.312 e. The van der Waals surface area contributed by atoms with Crippen molar-refractivity contribution in [3.8, 4) is 11.3 Å². The van der Waals surface area contributed by atoms with Gasteiger partial charge in [-0.1, -0.05) is 6.07 Å². The summed E-state index contributed by atoms with van der Waals surface area (Å²) in [5.41, 5.74) is 6.21. The number of imidazole rings is 1. The number of aromatic nitrogens is 3. The highest BCUT2D eigenvalue weighted by Gasteiger charge is 2.21. The molecule has 2 aromatic heterocycles. The van der Waals surface area contributed by atoms with Gasteiger partial charge in [0.25, 0.3) is 0 Å². The van der Waals surface area contributed by atoms with Crippen LogP contribution in [0.1, 0.15) is 30.3 Å². The Labute approximate surface area is 154 Å². The van der Waals surface area contributed by atoms with Crippen molar-refractivity contribution >= 4 is 33.3 Å². The summed E-state index contributed by atoms with van der Waals surface area (Å²) in [5, 5.41) is 0. The summed E-state index contributed by atoms with van der Waals surface area (Å²) in [6, 6.07) is 6.24. The second-order valence-corrected chi connectivity index (χ2v) is 7.30. The molecule has 4 rings (SSSR count). The van der Waals surface area contributed by atoms with Crippen molar-refractivity contribution in [2.24, 2.45) is 0 Å². The molecule has 0 saturated carbocycles. The maximum absolute atomic E-state index is 11.8. The molecule has 1 aliphatic rings. The van der Waals surface area contributed by atoms with Crippen LogP contribution in [0.15, 0.2) is 28.9 Å². The van der Waals surface area contributed by atoms with Gasteiger partial charge in [-0.3, -0.25) is 9.20 Å². The van der Waals surface area contributed by atoms with Crippen molar-refractivity contribution < 1.29 is 4.79 Å². The third-order valence-corrected chi connectivity index (χ3v) is 5.97. The Hall–Kier alpha value is -2.21. The van der Waals surface area contributed by atoms with E-state index in [1.807, 2.05) is 34.6 Å². The SMILES string of the molecule is CC(=O)N1CCCc2cc(-c3cn4c(C)c(Br)c(C)nc4n3)ccc21. The molecule has 1 amide bonds. The highest BCUT2D eigenvalue weighted by Crippen LogP contribution is 2.32. The summed E-state index contributed by atoms with van der Waals surface area (Å²) in [5.74, 6) is 0.804. The third-order valence-electron chi connectivity index (χ3n) is 4.83. The Kier molecular flexibility index (Phi) is 3.87. The number of carbonyl (C=O) groups is 1. The van der Waals surface area contributed by atoms with Gasteiger partial charge in [0.1, 0.15) is 0 Å². The number of carbonyl (C=O) groups excluding carboxylic acids is 1. The first kappa shape index (κ1) is 16.3. The van der Waals surface area contributed by atoms with Gasteiger partial charge in [0.05, 0.1) is 15.9 Å². The number of fused-ring (bicyclic) bond motifs is 2. The third kappa shape index (κ3) is 2.65. The Morgan fingerprint density at radius 3 is 2.80 bits per heavy atom. The number of halogens is 1. The molecule has 0 atom stereocenters. The molecule has 0 bridgehead atoms. The van der Waals surface area contributed by atoms with E-state index in [0.29, 0.717) is 5.78 Å². The molecule has 0 N–H and O–H groups in total. The smallest absolute Gasteiger partial charge is 0.234 e. The molecule has 25 heavy (non-hydrogen) atoms. The van der Waals surface area contributed by atoms with Crippen LogP contribution in [0.5, 0.6) is 0 Å². The zero-order valence-electron chi connectivity index (χ0n) is 14.5. The standard InChI is InChI=1S/C19H19BrN4O/c1-11-18(20)12(2)24-10-16(22-19(24)21-11)14-6-7-17-15(9-14)5-4-8-23(17)13(3)25/h6-7,9-10H,4-5,8H2,1-3H3. The van der Waals surface area contributed by atoms with Gasteiger partial charge in [-0.05, 0) is 60.3 Å². The number of rotatable bonds is 1. The summed E-state index contributed by atoms with van der Waals surface area (Å²) < 4.78 is 3.01. The lowest BCUT2D eigenvalue weighted by Crippen LogP contribution is -2.33. The maximum Gasteiger partial charge on any atom is 0.234 e. The lowest BCUT2D eigenvalue weighted by molar-refractivity contribution is -0.116. The van der Waals surface area contributed by atoms with Crippen LogP contribution in [0.2, 0.25) is 0 Å². The highest BCUT2D eigenvalue weighted by molar-refractivity contribution is 9.10. The normalized spacial score (nSPS) is 14.0. The number of amides is 1. The number of benzene rings is 1. The number of hydrogen-bond acceptors (Lipinski definition) is 3. The van der Waals surface area contributed by atoms with Gasteiger partial charge < -0.3 is 4.90 Å². The van der Waals surface area contributed by atoms with Crippen LogP contribution in [-0.2, 0) is 11.2 Å². The highest BCUT2D eigenvalue weighted by atomic mass is 79.9. The first-order chi connectivity index (χ1) is 12.0. The molecule has 1 aromatic carbocycles. The van der Waals surface area contributed by atoms with Crippen molar-refractivity contribution in [3.63, 3.8) is 0 Å². The molecule has 0 unspecified atom stereocenters. The van der Waals surface area contributed by atoms with Crippen molar-refractivity contribution in [3.05, 3.63) is 45.8 Å².